The third-order valence-electron chi connectivity index (χ3n) is 3.47. The topological polar surface area (TPSA) is 29.1 Å². The summed E-state index contributed by atoms with van der Waals surface area (Å²) < 4.78 is 0. The summed E-state index contributed by atoms with van der Waals surface area (Å²) in [5, 5.41) is 3.04. The molecule has 0 aromatic heterocycles. The Morgan fingerprint density at radius 3 is 2.79 bits per heavy atom. The van der Waals surface area contributed by atoms with Crippen LogP contribution in [-0.4, -0.2) is 5.91 Å². The first kappa shape index (κ1) is 9.75. The summed E-state index contributed by atoms with van der Waals surface area (Å²) >= 11 is 0. The molecule has 2 nitrogen and oxygen atoms in total. The minimum Gasteiger partial charge on any atom is -0.329 e. The van der Waals surface area contributed by atoms with E-state index in [9.17, 15) is 4.79 Å². The van der Waals surface area contributed by atoms with E-state index in [1.807, 2.05) is 0 Å². The molecule has 0 aromatic rings. The lowest BCUT2D eigenvalue weighted by atomic mass is 9.87. The Balaban J connectivity index is 2.05. The Morgan fingerprint density at radius 2 is 2.14 bits per heavy atom. The maximum Gasteiger partial charge on any atom is 0.234 e. The van der Waals surface area contributed by atoms with Gasteiger partial charge in [0.2, 0.25) is 5.91 Å². The van der Waals surface area contributed by atoms with Crippen LogP contribution in [0.1, 0.15) is 51.9 Å². The van der Waals surface area contributed by atoms with Crippen molar-refractivity contribution < 1.29 is 4.79 Å². The number of hydrogen-bond donors (Lipinski definition) is 1. The van der Waals surface area contributed by atoms with Crippen molar-refractivity contribution in [3.63, 3.8) is 0 Å². The zero-order chi connectivity index (χ0) is 10.0. The van der Waals surface area contributed by atoms with Crippen molar-refractivity contribution in [2.45, 2.75) is 51.9 Å². The highest BCUT2D eigenvalue weighted by molar-refractivity contribution is 5.89. The van der Waals surface area contributed by atoms with Gasteiger partial charge in [-0.05, 0) is 31.8 Å². The average molecular weight is 193 g/mol. The van der Waals surface area contributed by atoms with Crippen LogP contribution < -0.4 is 5.32 Å². The summed E-state index contributed by atoms with van der Waals surface area (Å²) in [6, 6.07) is 0. The molecule has 0 bridgehead atoms. The first-order valence-electron chi connectivity index (χ1n) is 5.80. The van der Waals surface area contributed by atoms with Crippen LogP contribution in [-0.2, 0) is 4.79 Å². The van der Waals surface area contributed by atoms with Crippen LogP contribution in [0.15, 0.2) is 11.8 Å². The highest BCUT2D eigenvalue weighted by Crippen LogP contribution is 2.43. The van der Waals surface area contributed by atoms with Crippen LogP contribution in [0.3, 0.4) is 0 Å². The van der Waals surface area contributed by atoms with Gasteiger partial charge in [0.1, 0.15) is 0 Å². The number of carbonyl (C=O) groups excluding carboxylic acids is 1. The van der Waals surface area contributed by atoms with Gasteiger partial charge in [0.25, 0.3) is 0 Å². The van der Waals surface area contributed by atoms with Gasteiger partial charge in [0.15, 0.2) is 0 Å². The summed E-state index contributed by atoms with van der Waals surface area (Å²) in [6.45, 7) is 2.18. The van der Waals surface area contributed by atoms with Crippen molar-refractivity contribution in [3.8, 4) is 0 Å². The van der Waals surface area contributed by atoms with Crippen molar-refractivity contribution in [2.75, 3.05) is 0 Å². The molecule has 2 rings (SSSR count). The van der Waals surface area contributed by atoms with Crippen molar-refractivity contribution in [3.05, 3.63) is 11.8 Å². The number of rotatable bonds is 3. The zero-order valence-electron chi connectivity index (χ0n) is 8.94. The second kappa shape index (κ2) is 3.76. The Bertz CT molecular complexity index is 261. The maximum atomic E-state index is 11.8. The second-order valence-corrected chi connectivity index (χ2v) is 4.59. The summed E-state index contributed by atoms with van der Waals surface area (Å²) in [7, 11) is 0. The van der Waals surface area contributed by atoms with E-state index in [-0.39, 0.29) is 11.3 Å². The van der Waals surface area contributed by atoms with Gasteiger partial charge in [-0.3, -0.25) is 4.79 Å². The second-order valence-electron chi connectivity index (χ2n) is 4.59. The molecule has 0 saturated heterocycles. The van der Waals surface area contributed by atoms with Crippen LogP contribution in [0.25, 0.3) is 0 Å². The molecular weight excluding hydrogens is 174 g/mol. The smallest absolute Gasteiger partial charge is 0.234 e. The van der Waals surface area contributed by atoms with Crippen LogP contribution in [0, 0.1) is 5.41 Å². The molecule has 1 heterocycles. The average Bonchev–Trinajstić information content (AvgIpc) is 2.74. The first-order chi connectivity index (χ1) is 6.77. The van der Waals surface area contributed by atoms with Gasteiger partial charge in [-0.25, -0.2) is 0 Å². The van der Waals surface area contributed by atoms with E-state index in [2.05, 4.69) is 18.3 Å². The van der Waals surface area contributed by atoms with Gasteiger partial charge in [-0.1, -0.05) is 26.2 Å². The maximum absolute atomic E-state index is 11.8. The Hall–Kier alpha value is -0.790. The van der Waals surface area contributed by atoms with E-state index in [1.165, 1.54) is 31.4 Å². The number of carbonyl (C=O) groups is 1. The molecule has 2 aliphatic rings. The van der Waals surface area contributed by atoms with Gasteiger partial charge < -0.3 is 5.32 Å². The van der Waals surface area contributed by atoms with E-state index in [1.54, 1.807) is 0 Å². The number of hydrogen-bond acceptors (Lipinski definition) is 1. The van der Waals surface area contributed by atoms with Crippen molar-refractivity contribution in [2.24, 2.45) is 5.41 Å². The summed E-state index contributed by atoms with van der Waals surface area (Å²) in [4.78, 5) is 11.8. The van der Waals surface area contributed by atoms with E-state index < -0.39 is 0 Å². The van der Waals surface area contributed by atoms with Gasteiger partial charge >= 0.3 is 0 Å². The SMILES string of the molecule is CCCCC1=CC2(CCCC2)C(=O)N1. The third kappa shape index (κ3) is 1.58. The van der Waals surface area contributed by atoms with Gasteiger partial charge in [0, 0.05) is 5.70 Å². The van der Waals surface area contributed by atoms with E-state index in [4.69, 9.17) is 0 Å². The van der Waals surface area contributed by atoms with Crippen LogP contribution in [0.5, 0.6) is 0 Å². The zero-order valence-corrected chi connectivity index (χ0v) is 8.94. The fourth-order valence-corrected chi connectivity index (χ4v) is 2.58. The first-order valence-corrected chi connectivity index (χ1v) is 5.80. The molecule has 78 valence electrons. The summed E-state index contributed by atoms with van der Waals surface area (Å²) in [5.74, 6) is 0.265. The quantitative estimate of drug-likeness (QED) is 0.733. The summed E-state index contributed by atoms with van der Waals surface area (Å²) in [5.41, 5.74) is 1.09. The molecule has 1 aliphatic carbocycles. The molecule has 0 atom stereocenters. The third-order valence-corrected chi connectivity index (χ3v) is 3.47. The number of amides is 1. The van der Waals surface area contributed by atoms with Crippen molar-refractivity contribution >= 4 is 5.91 Å². The van der Waals surface area contributed by atoms with Crippen molar-refractivity contribution in [1.29, 1.82) is 0 Å². The molecule has 0 aromatic carbocycles. The Morgan fingerprint density at radius 1 is 1.43 bits per heavy atom. The molecule has 0 unspecified atom stereocenters. The number of allylic oxidation sites excluding steroid dienone is 1. The van der Waals surface area contributed by atoms with Crippen molar-refractivity contribution in [1.82, 2.24) is 5.32 Å². The van der Waals surface area contributed by atoms with Gasteiger partial charge in [-0.2, -0.15) is 0 Å². The predicted molar refractivity (Wildman–Crippen MR) is 56.7 cm³/mol. The van der Waals surface area contributed by atoms with E-state index in [0.29, 0.717) is 0 Å². The highest BCUT2D eigenvalue weighted by Gasteiger charge is 2.43. The molecule has 1 spiro atoms. The normalized spacial score (nSPS) is 24.1. The van der Waals surface area contributed by atoms with Crippen LogP contribution in [0.2, 0.25) is 0 Å². The highest BCUT2D eigenvalue weighted by atomic mass is 16.2. The number of nitrogens with one attached hydrogen (secondary N) is 1. The lowest BCUT2D eigenvalue weighted by molar-refractivity contribution is -0.126. The predicted octanol–water partition coefficient (Wildman–Crippen LogP) is 2.75. The van der Waals surface area contributed by atoms with Gasteiger partial charge in [-0.15, -0.1) is 0 Å². The molecule has 14 heavy (non-hydrogen) atoms. The molecule has 1 saturated carbocycles. The minimum atomic E-state index is -0.0942. The van der Waals surface area contributed by atoms with E-state index >= 15 is 0 Å². The molecule has 0 radical (unpaired) electrons. The minimum absolute atomic E-state index is 0.0942. The largest absolute Gasteiger partial charge is 0.329 e. The molecule has 1 amide bonds. The molecule has 1 fully saturated rings. The Labute approximate surface area is 85.8 Å². The van der Waals surface area contributed by atoms with Gasteiger partial charge in [0.05, 0.1) is 5.41 Å². The standard InChI is InChI=1S/C12H19NO/c1-2-3-6-10-9-12(11(14)13-10)7-4-5-8-12/h9H,2-8H2,1H3,(H,13,14). The van der Waals surface area contributed by atoms with E-state index in [0.717, 1.165) is 19.3 Å². The monoisotopic (exact) mass is 193 g/mol. The fourth-order valence-electron chi connectivity index (χ4n) is 2.58. The van der Waals surface area contributed by atoms with Crippen LogP contribution in [0.4, 0.5) is 0 Å². The lowest BCUT2D eigenvalue weighted by Crippen LogP contribution is -2.29. The summed E-state index contributed by atoms with van der Waals surface area (Å²) in [6.07, 6.45) is 10.2. The van der Waals surface area contributed by atoms with Crippen LogP contribution >= 0.6 is 0 Å². The number of unbranched alkanes of at least 4 members (excludes halogenated alkanes) is 1. The Kier molecular flexibility index (Phi) is 2.62. The molecule has 2 heteroatoms. The molecule has 1 N–H and O–H groups in total. The molecule has 1 aliphatic heterocycles. The fraction of sp³-hybridized carbons (Fsp3) is 0.750. The molecular formula is C12H19NO. The lowest BCUT2D eigenvalue weighted by Gasteiger charge is -2.15.